The number of halogens is 1. The molecule has 1 saturated heterocycles. The number of aryl methyl sites for hydroxylation is 1. The first-order chi connectivity index (χ1) is 11.0. The number of anilines is 1. The lowest BCUT2D eigenvalue weighted by Crippen LogP contribution is -2.51. The second-order valence-electron chi connectivity index (χ2n) is 6.33. The van der Waals surface area contributed by atoms with Gasteiger partial charge >= 0.3 is 0 Å². The summed E-state index contributed by atoms with van der Waals surface area (Å²) >= 11 is 0. The van der Waals surface area contributed by atoms with Gasteiger partial charge < -0.3 is 10.6 Å². The number of benzene rings is 1. The van der Waals surface area contributed by atoms with Gasteiger partial charge in [-0.2, -0.15) is 0 Å². The minimum Gasteiger partial charge on any atom is -0.326 e. The zero-order valence-electron chi connectivity index (χ0n) is 13.7. The van der Waals surface area contributed by atoms with E-state index in [0.29, 0.717) is 12.8 Å². The number of piperidine rings is 1. The zero-order valence-corrected chi connectivity index (χ0v) is 15.3. The maximum atomic E-state index is 12.7. The van der Waals surface area contributed by atoms with E-state index in [0.717, 1.165) is 37.1 Å². The van der Waals surface area contributed by atoms with Gasteiger partial charge in [0.15, 0.2) is 0 Å². The SMILES string of the molecule is CC1NCCCC1NS(=O)(=O)c1ccc2c(c1)CCCC(=O)N2.Cl. The first kappa shape index (κ1) is 19.2. The van der Waals surface area contributed by atoms with Crippen molar-refractivity contribution < 1.29 is 13.2 Å². The average molecular weight is 374 g/mol. The number of hydrogen-bond donors (Lipinski definition) is 3. The van der Waals surface area contributed by atoms with Crippen molar-refractivity contribution in [3.05, 3.63) is 23.8 Å². The predicted molar refractivity (Wildman–Crippen MR) is 96.1 cm³/mol. The monoisotopic (exact) mass is 373 g/mol. The molecule has 0 radical (unpaired) electrons. The fourth-order valence-electron chi connectivity index (χ4n) is 3.19. The molecule has 0 spiro atoms. The average Bonchev–Trinajstić information content (AvgIpc) is 2.69. The Morgan fingerprint density at radius 3 is 2.75 bits per heavy atom. The Balaban J connectivity index is 0.00000208. The summed E-state index contributed by atoms with van der Waals surface area (Å²) < 4.78 is 28.1. The lowest BCUT2D eigenvalue weighted by molar-refractivity contribution is -0.116. The summed E-state index contributed by atoms with van der Waals surface area (Å²) in [5.41, 5.74) is 1.60. The Bertz CT molecular complexity index is 709. The maximum absolute atomic E-state index is 12.7. The molecule has 6 nitrogen and oxygen atoms in total. The number of amides is 1. The van der Waals surface area contributed by atoms with Crippen LogP contribution in [0.2, 0.25) is 0 Å². The van der Waals surface area contributed by atoms with Crippen LogP contribution in [0.4, 0.5) is 5.69 Å². The predicted octanol–water partition coefficient (Wildman–Crippen LogP) is 1.80. The number of rotatable bonds is 3. The van der Waals surface area contributed by atoms with Gasteiger partial charge in [0.2, 0.25) is 15.9 Å². The van der Waals surface area contributed by atoms with Crippen molar-refractivity contribution in [1.29, 1.82) is 0 Å². The molecule has 2 heterocycles. The Hall–Kier alpha value is -1.15. The van der Waals surface area contributed by atoms with Crippen LogP contribution in [0.3, 0.4) is 0 Å². The highest BCUT2D eigenvalue weighted by Crippen LogP contribution is 2.25. The third-order valence-electron chi connectivity index (χ3n) is 4.58. The minimum absolute atomic E-state index is 0. The molecule has 0 aromatic heterocycles. The van der Waals surface area contributed by atoms with Gasteiger partial charge in [0, 0.05) is 24.2 Å². The highest BCUT2D eigenvalue weighted by Gasteiger charge is 2.27. The van der Waals surface area contributed by atoms with Crippen molar-refractivity contribution in [3.8, 4) is 0 Å². The van der Waals surface area contributed by atoms with E-state index in [9.17, 15) is 13.2 Å². The topological polar surface area (TPSA) is 87.3 Å². The third kappa shape index (κ3) is 4.27. The molecule has 3 rings (SSSR count). The van der Waals surface area contributed by atoms with Gasteiger partial charge in [-0.25, -0.2) is 13.1 Å². The molecule has 2 atom stereocenters. The van der Waals surface area contributed by atoms with Crippen LogP contribution in [0.15, 0.2) is 23.1 Å². The van der Waals surface area contributed by atoms with Crippen molar-refractivity contribution in [2.75, 3.05) is 11.9 Å². The van der Waals surface area contributed by atoms with Gasteiger partial charge in [-0.1, -0.05) is 0 Å². The van der Waals surface area contributed by atoms with Gasteiger partial charge in [-0.3, -0.25) is 4.79 Å². The molecule has 0 bridgehead atoms. The summed E-state index contributed by atoms with van der Waals surface area (Å²) in [4.78, 5) is 11.8. The number of carbonyl (C=O) groups is 1. The summed E-state index contributed by atoms with van der Waals surface area (Å²) in [6.07, 6.45) is 3.72. The molecule has 1 fully saturated rings. The van der Waals surface area contributed by atoms with Gasteiger partial charge in [0.25, 0.3) is 0 Å². The quantitative estimate of drug-likeness (QED) is 0.754. The highest BCUT2D eigenvalue weighted by atomic mass is 35.5. The number of sulfonamides is 1. The highest BCUT2D eigenvalue weighted by molar-refractivity contribution is 7.89. The van der Waals surface area contributed by atoms with Crippen LogP contribution in [-0.4, -0.2) is 33.0 Å². The van der Waals surface area contributed by atoms with Crippen molar-refractivity contribution in [1.82, 2.24) is 10.0 Å². The maximum Gasteiger partial charge on any atom is 0.240 e. The van der Waals surface area contributed by atoms with E-state index in [-0.39, 0.29) is 35.3 Å². The molecule has 8 heteroatoms. The molecule has 1 aromatic carbocycles. The second-order valence-corrected chi connectivity index (χ2v) is 8.05. The van der Waals surface area contributed by atoms with E-state index in [2.05, 4.69) is 15.4 Å². The van der Waals surface area contributed by atoms with Crippen LogP contribution in [0, 0.1) is 0 Å². The van der Waals surface area contributed by atoms with Crippen LogP contribution >= 0.6 is 12.4 Å². The van der Waals surface area contributed by atoms with E-state index in [1.54, 1.807) is 18.2 Å². The summed E-state index contributed by atoms with van der Waals surface area (Å²) in [5.74, 6) is -0.0143. The van der Waals surface area contributed by atoms with Gasteiger partial charge in [0.1, 0.15) is 0 Å². The molecule has 2 aliphatic rings. The zero-order chi connectivity index (χ0) is 16.4. The van der Waals surface area contributed by atoms with Crippen molar-refractivity contribution in [2.45, 2.75) is 56.0 Å². The van der Waals surface area contributed by atoms with Crippen LogP contribution < -0.4 is 15.4 Å². The number of hydrogen-bond acceptors (Lipinski definition) is 4. The summed E-state index contributed by atoms with van der Waals surface area (Å²) in [6, 6.07) is 4.97. The number of nitrogens with one attached hydrogen (secondary N) is 3. The van der Waals surface area contributed by atoms with Gasteiger partial charge in [-0.05, 0) is 62.9 Å². The number of fused-ring (bicyclic) bond motifs is 1. The van der Waals surface area contributed by atoms with Crippen LogP contribution in [0.25, 0.3) is 0 Å². The van der Waals surface area contributed by atoms with Crippen LogP contribution in [0.1, 0.15) is 38.2 Å². The van der Waals surface area contributed by atoms with Crippen LogP contribution in [-0.2, 0) is 21.2 Å². The Morgan fingerprint density at radius 1 is 1.21 bits per heavy atom. The molecule has 1 aromatic rings. The Labute approximate surface area is 149 Å². The Kier molecular flexibility index (Phi) is 6.25. The van der Waals surface area contributed by atoms with E-state index in [1.807, 2.05) is 6.92 Å². The third-order valence-corrected chi connectivity index (χ3v) is 6.07. The molecule has 2 unspecified atom stereocenters. The van der Waals surface area contributed by atoms with Crippen LogP contribution in [0.5, 0.6) is 0 Å². The molecule has 24 heavy (non-hydrogen) atoms. The summed E-state index contributed by atoms with van der Waals surface area (Å²) in [6.45, 7) is 2.93. The standard InChI is InChI=1S/C16H23N3O3S.ClH/c1-11-14(5-3-9-17-11)19-23(21,22)13-7-8-15-12(10-13)4-2-6-16(20)18-15;/h7-8,10-11,14,17,19H,2-6,9H2,1H3,(H,18,20);1H. The van der Waals surface area contributed by atoms with Crippen molar-refractivity contribution >= 4 is 34.0 Å². The normalized spacial score (nSPS) is 24.3. The fourth-order valence-corrected chi connectivity index (χ4v) is 4.59. The molecular formula is C16H24ClN3O3S. The van der Waals surface area contributed by atoms with E-state index >= 15 is 0 Å². The minimum atomic E-state index is -3.55. The molecule has 2 aliphatic heterocycles. The lowest BCUT2D eigenvalue weighted by atomic mass is 10.0. The van der Waals surface area contributed by atoms with Gasteiger partial charge in [0.05, 0.1) is 4.90 Å². The summed E-state index contributed by atoms with van der Waals surface area (Å²) in [5, 5.41) is 6.12. The summed E-state index contributed by atoms with van der Waals surface area (Å²) in [7, 11) is -3.55. The first-order valence-corrected chi connectivity index (χ1v) is 9.62. The molecular weight excluding hydrogens is 350 g/mol. The van der Waals surface area contributed by atoms with E-state index < -0.39 is 10.0 Å². The molecule has 0 aliphatic carbocycles. The lowest BCUT2D eigenvalue weighted by Gasteiger charge is -2.30. The smallest absolute Gasteiger partial charge is 0.240 e. The van der Waals surface area contributed by atoms with E-state index in [1.165, 1.54) is 0 Å². The fraction of sp³-hybridized carbons (Fsp3) is 0.562. The molecule has 0 saturated carbocycles. The second kappa shape index (κ2) is 7.82. The Morgan fingerprint density at radius 2 is 2.00 bits per heavy atom. The largest absolute Gasteiger partial charge is 0.326 e. The number of carbonyl (C=O) groups excluding carboxylic acids is 1. The van der Waals surface area contributed by atoms with Gasteiger partial charge in [-0.15, -0.1) is 12.4 Å². The molecule has 134 valence electrons. The first-order valence-electron chi connectivity index (χ1n) is 8.14. The van der Waals surface area contributed by atoms with Crippen molar-refractivity contribution in [2.24, 2.45) is 0 Å². The molecule has 1 amide bonds. The van der Waals surface area contributed by atoms with Crippen molar-refractivity contribution in [3.63, 3.8) is 0 Å². The molecule has 3 N–H and O–H groups in total. The van der Waals surface area contributed by atoms with E-state index in [4.69, 9.17) is 0 Å².